The molecule has 1 heterocycles. The Morgan fingerprint density at radius 3 is 1.94 bits per heavy atom. The predicted molar refractivity (Wildman–Crippen MR) is 105 cm³/mol. The maximum atomic E-state index is 14.0. The molecule has 0 saturated heterocycles. The van der Waals surface area contributed by atoms with Crippen LogP contribution in [0.15, 0.2) is 71.7 Å². The van der Waals surface area contributed by atoms with E-state index in [0.717, 1.165) is 23.3 Å². The molecule has 2 atom stereocenters. The SMILES string of the molecule is C[C@@H]1OC(c2c(F)cccc2F)=N[C@@H]1c1ccc(-c2ccc(OC(F)(F)F)cc2)cc1. The number of nitrogens with zero attached hydrogens (tertiary/aromatic N) is 1. The molecule has 0 N–H and O–H groups in total. The van der Waals surface area contributed by atoms with Crippen LogP contribution in [0.4, 0.5) is 22.0 Å². The fourth-order valence-corrected chi connectivity index (χ4v) is 3.40. The van der Waals surface area contributed by atoms with Gasteiger partial charge in [0, 0.05) is 0 Å². The van der Waals surface area contributed by atoms with Gasteiger partial charge in [-0.2, -0.15) is 0 Å². The molecule has 3 aromatic rings. The van der Waals surface area contributed by atoms with E-state index in [0.29, 0.717) is 5.56 Å². The molecule has 0 spiro atoms. The zero-order valence-electron chi connectivity index (χ0n) is 16.2. The van der Waals surface area contributed by atoms with Crippen LogP contribution in [0.5, 0.6) is 5.75 Å². The van der Waals surface area contributed by atoms with Gasteiger partial charge in [-0.15, -0.1) is 13.2 Å². The second-order valence-corrected chi connectivity index (χ2v) is 6.99. The van der Waals surface area contributed by atoms with Crippen molar-refractivity contribution in [3.05, 3.63) is 89.5 Å². The highest BCUT2D eigenvalue weighted by Crippen LogP contribution is 2.33. The molecule has 0 aromatic heterocycles. The third-order valence-corrected chi connectivity index (χ3v) is 4.85. The Bertz CT molecular complexity index is 1090. The summed E-state index contributed by atoms with van der Waals surface area (Å²) in [5.74, 6) is -1.88. The summed E-state index contributed by atoms with van der Waals surface area (Å²) >= 11 is 0. The van der Waals surface area contributed by atoms with Gasteiger partial charge in [0.25, 0.3) is 0 Å². The summed E-state index contributed by atoms with van der Waals surface area (Å²) in [4.78, 5) is 4.37. The largest absolute Gasteiger partial charge is 0.573 e. The van der Waals surface area contributed by atoms with Gasteiger partial charge in [-0.25, -0.2) is 13.8 Å². The second-order valence-electron chi connectivity index (χ2n) is 6.99. The number of rotatable bonds is 4. The molecular formula is C23H16F5NO2. The van der Waals surface area contributed by atoms with Crippen LogP contribution in [-0.4, -0.2) is 18.4 Å². The highest BCUT2D eigenvalue weighted by atomic mass is 19.4. The fourth-order valence-electron chi connectivity index (χ4n) is 3.40. The minimum absolute atomic E-state index is 0.0857. The number of halogens is 5. The Balaban J connectivity index is 1.55. The van der Waals surface area contributed by atoms with E-state index >= 15 is 0 Å². The molecule has 0 saturated carbocycles. The Hall–Kier alpha value is -3.42. The number of ether oxygens (including phenoxy) is 2. The van der Waals surface area contributed by atoms with Crippen molar-refractivity contribution < 1.29 is 31.4 Å². The first kappa shape index (κ1) is 20.8. The van der Waals surface area contributed by atoms with Gasteiger partial charge in [-0.05, 0) is 47.9 Å². The molecule has 4 rings (SSSR count). The highest BCUT2D eigenvalue weighted by Gasteiger charge is 2.32. The highest BCUT2D eigenvalue weighted by molar-refractivity contribution is 5.96. The Morgan fingerprint density at radius 1 is 0.839 bits per heavy atom. The van der Waals surface area contributed by atoms with Crippen LogP contribution >= 0.6 is 0 Å². The minimum Gasteiger partial charge on any atom is -0.472 e. The van der Waals surface area contributed by atoms with E-state index in [2.05, 4.69) is 9.73 Å². The number of benzene rings is 3. The van der Waals surface area contributed by atoms with E-state index < -0.39 is 30.1 Å². The molecule has 0 unspecified atom stereocenters. The van der Waals surface area contributed by atoms with Crippen molar-refractivity contribution in [3.63, 3.8) is 0 Å². The Kier molecular flexibility index (Phi) is 5.39. The van der Waals surface area contributed by atoms with Crippen LogP contribution in [0.1, 0.15) is 24.1 Å². The standard InChI is InChI=1S/C23H16F5NO2/c1-13-21(29-22(30-13)20-18(24)3-2-4-19(20)25)16-7-5-14(6-8-16)15-9-11-17(12-10-15)31-23(26,27)28/h2-13,21H,1H3/t13-,21-/m0/s1. The summed E-state index contributed by atoms with van der Waals surface area (Å²) in [5, 5.41) is 0. The van der Waals surface area contributed by atoms with Crippen molar-refractivity contribution in [2.24, 2.45) is 4.99 Å². The van der Waals surface area contributed by atoms with E-state index in [9.17, 15) is 22.0 Å². The zero-order valence-corrected chi connectivity index (χ0v) is 16.2. The van der Waals surface area contributed by atoms with Crippen molar-refractivity contribution in [3.8, 4) is 16.9 Å². The van der Waals surface area contributed by atoms with E-state index in [1.807, 2.05) is 0 Å². The van der Waals surface area contributed by atoms with Gasteiger partial charge in [0.1, 0.15) is 35.1 Å². The van der Waals surface area contributed by atoms with E-state index in [1.54, 1.807) is 31.2 Å². The van der Waals surface area contributed by atoms with Crippen LogP contribution in [-0.2, 0) is 4.74 Å². The van der Waals surface area contributed by atoms with Crippen LogP contribution < -0.4 is 4.74 Å². The van der Waals surface area contributed by atoms with E-state index in [1.165, 1.54) is 30.3 Å². The smallest absolute Gasteiger partial charge is 0.472 e. The number of hydrogen-bond acceptors (Lipinski definition) is 3. The zero-order chi connectivity index (χ0) is 22.2. The monoisotopic (exact) mass is 433 g/mol. The molecule has 1 aliphatic heterocycles. The van der Waals surface area contributed by atoms with Crippen LogP contribution in [0.3, 0.4) is 0 Å². The molecule has 0 amide bonds. The van der Waals surface area contributed by atoms with Gasteiger partial charge in [0.05, 0.1) is 0 Å². The van der Waals surface area contributed by atoms with Gasteiger partial charge >= 0.3 is 6.36 Å². The molecular weight excluding hydrogens is 417 g/mol. The molecule has 3 aromatic carbocycles. The van der Waals surface area contributed by atoms with Gasteiger partial charge in [-0.1, -0.05) is 42.5 Å². The molecule has 0 aliphatic carbocycles. The van der Waals surface area contributed by atoms with Gasteiger partial charge < -0.3 is 9.47 Å². The molecule has 0 radical (unpaired) electrons. The van der Waals surface area contributed by atoms with E-state index in [-0.39, 0.29) is 17.2 Å². The van der Waals surface area contributed by atoms with Crippen molar-refractivity contribution in [1.82, 2.24) is 0 Å². The summed E-state index contributed by atoms with van der Waals surface area (Å²) in [6.07, 6.45) is -5.17. The quantitative estimate of drug-likeness (QED) is 0.444. The third kappa shape index (κ3) is 4.52. The number of alkyl halides is 3. The van der Waals surface area contributed by atoms with Crippen LogP contribution in [0.2, 0.25) is 0 Å². The second kappa shape index (κ2) is 8.02. The maximum Gasteiger partial charge on any atom is 0.573 e. The minimum atomic E-state index is -4.74. The van der Waals surface area contributed by atoms with Gasteiger partial charge in [0.2, 0.25) is 5.90 Å². The van der Waals surface area contributed by atoms with Crippen molar-refractivity contribution in [2.75, 3.05) is 0 Å². The Labute approximate surface area is 174 Å². The molecule has 8 heteroatoms. The lowest BCUT2D eigenvalue weighted by atomic mass is 9.99. The van der Waals surface area contributed by atoms with Crippen molar-refractivity contribution in [1.29, 1.82) is 0 Å². The molecule has 31 heavy (non-hydrogen) atoms. The molecule has 0 fully saturated rings. The van der Waals surface area contributed by atoms with E-state index in [4.69, 9.17) is 4.74 Å². The van der Waals surface area contributed by atoms with Crippen molar-refractivity contribution >= 4 is 5.90 Å². The van der Waals surface area contributed by atoms with Crippen LogP contribution in [0.25, 0.3) is 11.1 Å². The average Bonchev–Trinajstić information content (AvgIpc) is 3.08. The molecule has 160 valence electrons. The summed E-state index contributed by atoms with van der Waals surface area (Å²) in [6, 6.07) is 15.8. The first-order valence-electron chi connectivity index (χ1n) is 9.36. The predicted octanol–water partition coefficient (Wildman–Crippen LogP) is 6.44. The van der Waals surface area contributed by atoms with Crippen molar-refractivity contribution in [2.45, 2.75) is 25.4 Å². The maximum absolute atomic E-state index is 14.0. The lowest BCUT2D eigenvalue weighted by molar-refractivity contribution is -0.274. The van der Waals surface area contributed by atoms with Gasteiger partial charge in [-0.3, -0.25) is 0 Å². The first-order valence-corrected chi connectivity index (χ1v) is 9.36. The van der Waals surface area contributed by atoms with Gasteiger partial charge in [0.15, 0.2) is 0 Å². The molecule has 3 nitrogen and oxygen atoms in total. The topological polar surface area (TPSA) is 30.8 Å². The third-order valence-electron chi connectivity index (χ3n) is 4.85. The summed E-state index contributed by atoms with van der Waals surface area (Å²) in [7, 11) is 0. The summed E-state index contributed by atoms with van der Waals surface area (Å²) in [6.45, 7) is 1.76. The number of aliphatic imine (C=N–C) groups is 1. The summed E-state index contributed by atoms with van der Waals surface area (Å²) < 4.78 is 74.4. The lowest BCUT2D eigenvalue weighted by Gasteiger charge is -2.14. The fraction of sp³-hybridized carbons (Fsp3) is 0.174. The number of hydrogen-bond donors (Lipinski definition) is 0. The first-order chi connectivity index (χ1) is 14.7. The Morgan fingerprint density at radius 2 is 1.39 bits per heavy atom. The lowest BCUT2D eigenvalue weighted by Crippen LogP contribution is -2.16. The average molecular weight is 433 g/mol. The molecule has 0 bridgehead atoms. The molecule has 1 aliphatic rings. The summed E-state index contributed by atoms with van der Waals surface area (Å²) in [5.41, 5.74) is 1.96. The van der Waals surface area contributed by atoms with Crippen LogP contribution in [0, 0.1) is 11.6 Å². The normalized spacial score (nSPS) is 18.5.